The molecule has 3 N–H and O–H groups in total. The molecule has 2 unspecified atom stereocenters. The van der Waals surface area contributed by atoms with Crippen molar-refractivity contribution in [3.05, 3.63) is 28.8 Å². The number of rotatable bonds is 6. The van der Waals surface area contributed by atoms with Crippen LogP contribution in [-0.4, -0.2) is 25.9 Å². The van der Waals surface area contributed by atoms with E-state index in [1.165, 1.54) is 0 Å². The van der Waals surface area contributed by atoms with Gasteiger partial charge in [0.15, 0.2) is 0 Å². The Balaban J connectivity index is 2.02. The number of nitrogens with one attached hydrogen (secondary N) is 1. The maximum absolute atomic E-state index is 6.04. The summed E-state index contributed by atoms with van der Waals surface area (Å²) in [5.74, 6) is 6.49. The number of halogens is 1. The number of benzene rings is 1. The largest absolute Gasteiger partial charge is 0.496 e. The maximum atomic E-state index is 6.04. The molecule has 1 aromatic rings. The second-order valence-electron chi connectivity index (χ2n) is 4.89. The van der Waals surface area contributed by atoms with Crippen LogP contribution in [0.15, 0.2) is 18.2 Å². The Hall–Kier alpha value is -0.810. The Morgan fingerprint density at radius 2 is 2.42 bits per heavy atom. The normalized spacial score (nSPS) is 20.5. The zero-order valence-electron chi connectivity index (χ0n) is 11.2. The molecule has 0 radical (unpaired) electrons. The van der Waals surface area contributed by atoms with Gasteiger partial charge in [0.25, 0.3) is 0 Å². The maximum Gasteiger partial charge on any atom is 0.122 e. The second kappa shape index (κ2) is 7.10. The average Bonchev–Trinajstić information content (AvgIpc) is 2.91. The molecular weight excluding hydrogens is 264 g/mol. The van der Waals surface area contributed by atoms with Crippen LogP contribution in [0, 0.1) is 0 Å². The van der Waals surface area contributed by atoms with Gasteiger partial charge in [0.05, 0.1) is 13.2 Å². The van der Waals surface area contributed by atoms with E-state index in [2.05, 4.69) is 5.43 Å². The Morgan fingerprint density at radius 3 is 3.05 bits per heavy atom. The van der Waals surface area contributed by atoms with Crippen molar-refractivity contribution < 1.29 is 9.47 Å². The monoisotopic (exact) mass is 284 g/mol. The number of nitrogens with two attached hydrogens (primary N) is 1. The summed E-state index contributed by atoms with van der Waals surface area (Å²) in [5, 5.41) is 0.712. The molecule has 1 aliphatic heterocycles. The quantitative estimate of drug-likeness (QED) is 0.622. The van der Waals surface area contributed by atoms with E-state index >= 15 is 0 Å². The van der Waals surface area contributed by atoms with E-state index in [-0.39, 0.29) is 6.04 Å². The first kappa shape index (κ1) is 14.6. The van der Waals surface area contributed by atoms with E-state index in [1.807, 2.05) is 18.2 Å². The molecule has 0 saturated carbocycles. The first-order valence-corrected chi connectivity index (χ1v) is 7.01. The lowest BCUT2D eigenvalue weighted by Gasteiger charge is -2.20. The van der Waals surface area contributed by atoms with E-state index in [1.54, 1.807) is 7.11 Å². The van der Waals surface area contributed by atoms with E-state index in [0.717, 1.165) is 43.6 Å². The van der Waals surface area contributed by atoms with Gasteiger partial charge in [-0.15, -0.1) is 0 Å². The highest BCUT2D eigenvalue weighted by Gasteiger charge is 2.21. The minimum absolute atomic E-state index is 0.162. The van der Waals surface area contributed by atoms with Gasteiger partial charge in [0.2, 0.25) is 0 Å². The highest BCUT2D eigenvalue weighted by molar-refractivity contribution is 6.30. The summed E-state index contributed by atoms with van der Waals surface area (Å²) in [4.78, 5) is 0. The summed E-state index contributed by atoms with van der Waals surface area (Å²) in [5.41, 5.74) is 3.94. The molecule has 0 spiro atoms. The molecule has 1 heterocycles. The van der Waals surface area contributed by atoms with Gasteiger partial charge in [-0.25, -0.2) is 0 Å². The first-order chi connectivity index (χ1) is 9.22. The van der Waals surface area contributed by atoms with Gasteiger partial charge in [0, 0.05) is 17.7 Å². The van der Waals surface area contributed by atoms with Gasteiger partial charge in [-0.05, 0) is 49.4 Å². The molecule has 0 aliphatic carbocycles. The molecule has 2 atom stereocenters. The molecule has 5 heteroatoms. The van der Waals surface area contributed by atoms with Crippen LogP contribution < -0.4 is 16.0 Å². The number of hydrogen-bond donors (Lipinski definition) is 2. The number of ether oxygens (including phenoxy) is 2. The van der Waals surface area contributed by atoms with Crippen molar-refractivity contribution in [1.29, 1.82) is 0 Å². The van der Waals surface area contributed by atoms with E-state index < -0.39 is 0 Å². The zero-order valence-corrected chi connectivity index (χ0v) is 12.0. The van der Waals surface area contributed by atoms with Crippen LogP contribution in [0.1, 0.15) is 24.8 Å². The van der Waals surface area contributed by atoms with Crippen molar-refractivity contribution in [2.45, 2.75) is 37.8 Å². The van der Waals surface area contributed by atoms with Crippen molar-refractivity contribution in [2.75, 3.05) is 13.7 Å². The lowest BCUT2D eigenvalue weighted by atomic mass is 9.99. The summed E-state index contributed by atoms with van der Waals surface area (Å²) in [7, 11) is 1.66. The Kier molecular flexibility index (Phi) is 5.45. The molecule has 1 aromatic carbocycles. The molecular formula is C14H21ClN2O2. The van der Waals surface area contributed by atoms with Crippen LogP contribution in [0.4, 0.5) is 0 Å². The van der Waals surface area contributed by atoms with Gasteiger partial charge in [-0.1, -0.05) is 11.6 Å². The van der Waals surface area contributed by atoms with Crippen LogP contribution in [0.3, 0.4) is 0 Å². The van der Waals surface area contributed by atoms with Crippen LogP contribution >= 0.6 is 11.6 Å². The topological polar surface area (TPSA) is 56.5 Å². The van der Waals surface area contributed by atoms with Crippen molar-refractivity contribution >= 4 is 11.6 Å². The molecule has 1 saturated heterocycles. The van der Waals surface area contributed by atoms with Crippen molar-refractivity contribution in [3.8, 4) is 5.75 Å². The number of hydrazine groups is 1. The lowest BCUT2D eigenvalue weighted by Crippen LogP contribution is -2.39. The predicted molar refractivity (Wildman–Crippen MR) is 76.4 cm³/mol. The Bertz CT molecular complexity index is 408. The summed E-state index contributed by atoms with van der Waals surface area (Å²) in [6.07, 6.45) is 4.26. The second-order valence-corrected chi connectivity index (χ2v) is 5.33. The molecule has 4 nitrogen and oxygen atoms in total. The number of methoxy groups -OCH3 is 1. The molecule has 1 fully saturated rings. The molecule has 0 aromatic heterocycles. The molecule has 0 bridgehead atoms. The highest BCUT2D eigenvalue weighted by Crippen LogP contribution is 2.25. The van der Waals surface area contributed by atoms with Gasteiger partial charge in [-0.3, -0.25) is 11.3 Å². The van der Waals surface area contributed by atoms with Gasteiger partial charge < -0.3 is 9.47 Å². The van der Waals surface area contributed by atoms with Gasteiger partial charge >= 0.3 is 0 Å². The summed E-state index contributed by atoms with van der Waals surface area (Å²) < 4.78 is 11.0. The molecule has 106 valence electrons. The van der Waals surface area contributed by atoms with Gasteiger partial charge in [-0.2, -0.15) is 0 Å². The van der Waals surface area contributed by atoms with Crippen molar-refractivity contribution in [1.82, 2.24) is 5.43 Å². The predicted octanol–water partition coefficient (Wildman–Crippen LogP) is 2.29. The van der Waals surface area contributed by atoms with E-state index in [0.29, 0.717) is 11.1 Å². The van der Waals surface area contributed by atoms with E-state index in [4.69, 9.17) is 26.9 Å². The van der Waals surface area contributed by atoms with Crippen molar-refractivity contribution in [2.24, 2.45) is 5.84 Å². The summed E-state index contributed by atoms with van der Waals surface area (Å²) >= 11 is 6.04. The highest BCUT2D eigenvalue weighted by atomic mass is 35.5. The van der Waals surface area contributed by atoms with E-state index in [9.17, 15) is 0 Å². The minimum Gasteiger partial charge on any atom is -0.496 e. The van der Waals surface area contributed by atoms with Crippen LogP contribution in [0.25, 0.3) is 0 Å². The third-order valence-electron chi connectivity index (χ3n) is 3.52. The first-order valence-electron chi connectivity index (χ1n) is 6.63. The van der Waals surface area contributed by atoms with Crippen molar-refractivity contribution in [3.63, 3.8) is 0 Å². The fourth-order valence-electron chi connectivity index (χ4n) is 2.53. The zero-order chi connectivity index (χ0) is 13.7. The fourth-order valence-corrected chi connectivity index (χ4v) is 2.72. The minimum atomic E-state index is 0.162. The summed E-state index contributed by atoms with van der Waals surface area (Å²) in [6.45, 7) is 0.864. The SMILES string of the molecule is COc1ccc(Cl)cc1CC(CC1CCCO1)NN. The lowest BCUT2D eigenvalue weighted by molar-refractivity contribution is 0.0945. The Labute approximate surface area is 119 Å². The third kappa shape index (κ3) is 4.08. The fraction of sp³-hybridized carbons (Fsp3) is 0.571. The third-order valence-corrected chi connectivity index (χ3v) is 3.75. The molecule has 2 rings (SSSR count). The summed E-state index contributed by atoms with van der Waals surface area (Å²) in [6, 6.07) is 5.81. The van der Waals surface area contributed by atoms with Crippen LogP contribution in [0.5, 0.6) is 5.75 Å². The molecule has 1 aliphatic rings. The van der Waals surface area contributed by atoms with Crippen LogP contribution in [-0.2, 0) is 11.2 Å². The molecule has 0 amide bonds. The van der Waals surface area contributed by atoms with Crippen LogP contribution in [0.2, 0.25) is 5.02 Å². The van der Waals surface area contributed by atoms with Gasteiger partial charge in [0.1, 0.15) is 5.75 Å². The Morgan fingerprint density at radius 1 is 1.58 bits per heavy atom. The number of hydrogen-bond acceptors (Lipinski definition) is 4. The standard InChI is InChI=1S/C14H21ClN2O2/c1-18-14-5-4-11(15)7-10(14)8-12(17-16)9-13-3-2-6-19-13/h4-5,7,12-13,17H,2-3,6,8-9,16H2,1H3. The smallest absolute Gasteiger partial charge is 0.122 e. The average molecular weight is 285 g/mol. The molecule has 19 heavy (non-hydrogen) atoms.